The highest BCUT2D eigenvalue weighted by Gasteiger charge is 2.25. The van der Waals surface area contributed by atoms with E-state index in [9.17, 15) is 13.2 Å². The summed E-state index contributed by atoms with van der Waals surface area (Å²) in [4.78, 5) is 10.9. The van der Waals surface area contributed by atoms with Gasteiger partial charge in [0.25, 0.3) is 0 Å². The van der Waals surface area contributed by atoms with Crippen molar-refractivity contribution in [1.82, 2.24) is 4.72 Å². The molecule has 0 aromatic heterocycles. The van der Waals surface area contributed by atoms with Gasteiger partial charge in [-0.2, -0.15) is 0 Å². The minimum Gasteiger partial charge on any atom is -0.481 e. The van der Waals surface area contributed by atoms with E-state index in [4.69, 9.17) is 28.3 Å². The second kappa shape index (κ2) is 6.76. The third-order valence-electron chi connectivity index (χ3n) is 2.80. The molecule has 0 amide bonds. The van der Waals surface area contributed by atoms with Crippen LogP contribution in [0.5, 0.6) is 0 Å². The van der Waals surface area contributed by atoms with Crippen LogP contribution in [0.1, 0.15) is 13.8 Å². The minimum atomic E-state index is -3.91. The molecule has 112 valence electrons. The van der Waals surface area contributed by atoms with Crippen molar-refractivity contribution in [2.24, 2.45) is 11.8 Å². The Morgan fingerprint density at radius 3 is 2.45 bits per heavy atom. The first-order chi connectivity index (χ1) is 9.15. The molecule has 1 aromatic rings. The molecule has 2 N–H and O–H groups in total. The molecule has 0 saturated heterocycles. The van der Waals surface area contributed by atoms with Crippen LogP contribution in [0.3, 0.4) is 0 Å². The van der Waals surface area contributed by atoms with E-state index in [1.807, 2.05) is 0 Å². The molecule has 0 saturated carbocycles. The van der Waals surface area contributed by atoms with E-state index >= 15 is 0 Å². The van der Waals surface area contributed by atoms with E-state index in [-0.39, 0.29) is 27.4 Å². The van der Waals surface area contributed by atoms with E-state index in [1.54, 1.807) is 13.8 Å². The molecule has 0 aliphatic heterocycles. The van der Waals surface area contributed by atoms with Crippen molar-refractivity contribution in [3.63, 3.8) is 0 Å². The number of rotatable bonds is 6. The van der Waals surface area contributed by atoms with E-state index in [2.05, 4.69) is 4.72 Å². The number of benzene rings is 1. The van der Waals surface area contributed by atoms with Crippen LogP contribution >= 0.6 is 23.2 Å². The fourth-order valence-electron chi connectivity index (χ4n) is 1.57. The number of hydrogen-bond acceptors (Lipinski definition) is 3. The topological polar surface area (TPSA) is 83.5 Å². The van der Waals surface area contributed by atoms with E-state index < -0.39 is 21.9 Å². The average molecular weight is 340 g/mol. The third kappa shape index (κ3) is 4.34. The van der Waals surface area contributed by atoms with Crippen molar-refractivity contribution in [2.75, 3.05) is 6.54 Å². The number of nitrogens with one attached hydrogen (secondary N) is 1. The smallest absolute Gasteiger partial charge is 0.308 e. The van der Waals surface area contributed by atoms with Gasteiger partial charge in [0, 0.05) is 11.6 Å². The van der Waals surface area contributed by atoms with Gasteiger partial charge < -0.3 is 5.11 Å². The van der Waals surface area contributed by atoms with E-state index in [0.29, 0.717) is 0 Å². The van der Waals surface area contributed by atoms with Gasteiger partial charge in [0.2, 0.25) is 10.0 Å². The first kappa shape index (κ1) is 17.2. The lowest BCUT2D eigenvalue weighted by molar-refractivity contribution is -0.142. The summed E-state index contributed by atoms with van der Waals surface area (Å²) >= 11 is 11.6. The lowest BCUT2D eigenvalue weighted by atomic mass is 9.97. The molecule has 1 atom stereocenters. The number of sulfonamides is 1. The third-order valence-corrected chi connectivity index (χ3v) is 4.94. The number of hydrogen-bond donors (Lipinski definition) is 2. The number of aliphatic carboxylic acids is 1. The average Bonchev–Trinajstić information content (AvgIpc) is 2.31. The second-order valence-electron chi connectivity index (χ2n) is 4.62. The Labute approximate surface area is 127 Å². The summed E-state index contributed by atoms with van der Waals surface area (Å²) in [5.41, 5.74) is 0. The monoisotopic (exact) mass is 339 g/mol. The molecular weight excluding hydrogens is 325 g/mol. The van der Waals surface area contributed by atoms with Gasteiger partial charge in [-0.05, 0) is 24.1 Å². The van der Waals surface area contributed by atoms with Gasteiger partial charge in [0.1, 0.15) is 4.90 Å². The molecule has 0 radical (unpaired) electrons. The molecular formula is C12H15Cl2NO4S. The fourth-order valence-corrected chi connectivity index (χ4v) is 3.39. The zero-order chi connectivity index (χ0) is 15.5. The Morgan fingerprint density at radius 1 is 1.35 bits per heavy atom. The molecule has 0 aliphatic carbocycles. The summed E-state index contributed by atoms with van der Waals surface area (Å²) in [6.07, 6.45) is 0. The highest BCUT2D eigenvalue weighted by molar-refractivity contribution is 7.89. The van der Waals surface area contributed by atoms with Gasteiger partial charge in [0.15, 0.2) is 0 Å². The fraction of sp³-hybridized carbons (Fsp3) is 0.417. The maximum atomic E-state index is 12.1. The molecule has 1 rings (SSSR count). The zero-order valence-corrected chi connectivity index (χ0v) is 13.3. The van der Waals surface area contributed by atoms with Crippen molar-refractivity contribution in [1.29, 1.82) is 0 Å². The summed E-state index contributed by atoms with van der Waals surface area (Å²) in [5, 5.41) is 9.28. The summed E-state index contributed by atoms with van der Waals surface area (Å²) < 4.78 is 26.5. The van der Waals surface area contributed by atoms with E-state index in [1.165, 1.54) is 18.2 Å². The van der Waals surface area contributed by atoms with Crippen molar-refractivity contribution in [2.45, 2.75) is 18.7 Å². The first-order valence-corrected chi connectivity index (χ1v) is 8.06. The standard InChI is InChI=1S/C12H15Cl2NO4S/c1-7(2)9(12(16)17)6-15-20(18,19)11-5-8(13)3-4-10(11)14/h3-5,7,9,15H,6H2,1-2H3,(H,16,17). The van der Waals surface area contributed by atoms with Crippen LogP contribution in [0, 0.1) is 11.8 Å². The molecule has 0 aliphatic rings. The van der Waals surface area contributed by atoms with Crippen molar-refractivity contribution in [3.8, 4) is 0 Å². The predicted octanol–water partition coefficient (Wildman–Crippen LogP) is 2.63. The minimum absolute atomic E-state index is 0.0262. The quantitative estimate of drug-likeness (QED) is 0.834. The number of carboxylic acid groups (broad SMARTS) is 1. The van der Waals surface area contributed by atoms with Gasteiger partial charge in [0.05, 0.1) is 10.9 Å². The Balaban J connectivity index is 2.95. The number of carboxylic acids is 1. The van der Waals surface area contributed by atoms with Crippen LogP contribution in [0.2, 0.25) is 10.0 Å². The maximum Gasteiger partial charge on any atom is 0.308 e. The van der Waals surface area contributed by atoms with Crippen molar-refractivity contribution in [3.05, 3.63) is 28.2 Å². The van der Waals surface area contributed by atoms with Crippen LogP contribution in [0.25, 0.3) is 0 Å². The molecule has 1 aromatic carbocycles. The van der Waals surface area contributed by atoms with Gasteiger partial charge in [-0.3, -0.25) is 4.79 Å². The molecule has 0 fully saturated rings. The van der Waals surface area contributed by atoms with Crippen LogP contribution in [-0.2, 0) is 14.8 Å². The Bertz CT molecular complexity index is 601. The molecule has 1 unspecified atom stereocenters. The lowest BCUT2D eigenvalue weighted by Crippen LogP contribution is -2.35. The summed E-state index contributed by atoms with van der Waals surface area (Å²) in [5.74, 6) is -2.08. The molecule has 8 heteroatoms. The second-order valence-corrected chi connectivity index (χ2v) is 7.19. The number of carbonyl (C=O) groups is 1. The van der Waals surface area contributed by atoms with Crippen LogP contribution in [0.15, 0.2) is 23.1 Å². The van der Waals surface area contributed by atoms with Gasteiger partial charge in [-0.15, -0.1) is 0 Å². The van der Waals surface area contributed by atoms with Gasteiger partial charge in [-0.25, -0.2) is 13.1 Å². The summed E-state index contributed by atoms with van der Waals surface area (Å²) in [7, 11) is -3.91. The number of halogens is 2. The molecule has 5 nitrogen and oxygen atoms in total. The van der Waals surface area contributed by atoms with E-state index in [0.717, 1.165) is 0 Å². The predicted molar refractivity (Wildman–Crippen MR) is 77.6 cm³/mol. The Morgan fingerprint density at radius 2 is 1.95 bits per heavy atom. The Hall–Kier alpha value is -0.820. The molecule has 0 spiro atoms. The lowest BCUT2D eigenvalue weighted by Gasteiger charge is -2.17. The molecule has 0 heterocycles. The highest BCUT2D eigenvalue weighted by Crippen LogP contribution is 2.25. The first-order valence-electron chi connectivity index (χ1n) is 5.82. The maximum absolute atomic E-state index is 12.1. The Kier molecular flexibility index (Phi) is 5.82. The van der Waals surface area contributed by atoms with Crippen LogP contribution < -0.4 is 4.72 Å². The van der Waals surface area contributed by atoms with Crippen molar-refractivity contribution >= 4 is 39.2 Å². The molecule has 20 heavy (non-hydrogen) atoms. The molecule has 0 bridgehead atoms. The van der Waals surface area contributed by atoms with Crippen LogP contribution in [-0.4, -0.2) is 26.0 Å². The zero-order valence-electron chi connectivity index (χ0n) is 10.9. The largest absolute Gasteiger partial charge is 0.481 e. The van der Waals surface area contributed by atoms with Gasteiger partial charge >= 0.3 is 5.97 Å². The van der Waals surface area contributed by atoms with Crippen LogP contribution in [0.4, 0.5) is 0 Å². The SMILES string of the molecule is CC(C)C(CNS(=O)(=O)c1cc(Cl)ccc1Cl)C(=O)O. The normalized spacial score (nSPS) is 13.4. The summed E-state index contributed by atoms with van der Waals surface area (Å²) in [6, 6.07) is 4.06. The van der Waals surface area contributed by atoms with Crippen molar-refractivity contribution < 1.29 is 18.3 Å². The van der Waals surface area contributed by atoms with Gasteiger partial charge in [-0.1, -0.05) is 37.0 Å². The highest BCUT2D eigenvalue weighted by atomic mass is 35.5. The summed E-state index contributed by atoms with van der Waals surface area (Å²) in [6.45, 7) is 3.21.